The molecule has 1 aromatic carbocycles. The second kappa shape index (κ2) is 9.25. The zero-order chi connectivity index (χ0) is 20.9. The molecule has 2 amide bonds. The minimum Gasteiger partial charge on any atom is -0.496 e. The van der Waals surface area contributed by atoms with Gasteiger partial charge in [-0.3, -0.25) is 14.5 Å². The molecule has 0 bridgehead atoms. The van der Waals surface area contributed by atoms with Crippen LogP contribution in [0.4, 0.5) is 4.79 Å². The molecule has 1 rings (SSSR count). The predicted molar refractivity (Wildman–Crippen MR) is 108 cm³/mol. The van der Waals surface area contributed by atoms with Gasteiger partial charge in [0.1, 0.15) is 23.4 Å². The van der Waals surface area contributed by atoms with Crippen molar-refractivity contribution in [3.05, 3.63) is 27.3 Å². The van der Waals surface area contributed by atoms with Gasteiger partial charge in [0.25, 0.3) is 0 Å². The highest BCUT2D eigenvalue weighted by Crippen LogP contribution is 2.28. The minimum atomic E-state index is -1.17. The molecular formula is C18H25IN2O6. The summed E-state index contributed by atoms with van der Waals surface area (Å²) in [7, 11) is 2.96. The highest BCUT2D eigenvalue weighted by Gasteiger charge is 2.33. The first-order valence-electron chi connectivity index (χ1n) is 8.19. The van der Waals surface area contributed by atoms with Crippen molar-refractivity contribution in [2.45, 2.75) is 45.4 Å². The van der Waals surface area contributed by atoms with Crippen molar-refractivity contribution in [1.29, 1.82) is 0 Å². The van der Waals surface area contributed by atoms with Gasteiger partial charge in [-0.15, -0.1) is 0 Å². The van der Waals surface area contributed by atoms with Gasteiger partial charge >= 0.3 is 12.1 Å². The van der Waals surface area contributed by atoms with Gasteiger partial charge in [0, 0.05) is 7.05 Å². The summed E-state index contributed by atoms with van der Waals surface area (Å²) >= 11 is 2.06. The number of carbonyl (C=O) groups is 3. The van der Waals surface area contributed by atoms with Crippen LogP contribution in [-0.2, 0) is 14.3 Å². The van der Waals surface area contributed by atoms with Gasteiger partial charge < -0.3 is 19.9 Å². The Bertz CT molecular complexity index is 716. The molecular weight excluding hydrogens is 467 g/mol. The van der Waals surface area contributed by atoms with Crippen LogP contribution in [-0.4, -0.2) is 53.8 Å². The van der Waals surface area contributed by atoms with Crippen molar-refractivity contribution in [3.8, 4) is 5.75 Å². The topological polar surface area (TPSA) is 105 Å². The minimum absolute atomic E-state index is 0.503. The van der Waals surface area contributed by atoms with Crippen LogP contribution in [0.5, 0.6) is 5.75 Å². The van der Waals surface area contributed by atoms with Crippen molar-refractivity contribution >= 4 is 40.6 Å². The molecule has 8 nitrogen and oxygen atoms in total. The second-order valence-corrected chi connectivity index (χ2v) is 8.12. The Morgan fingerprint density at radius 2 is 1.85 bits per heavy atom. The first-order valence-corrected chi connectivity index (χ1v) is 9.27. The van der Waals surface area contributed by atoms with Gasteiger partial charge in [0.05, 0.1) is 10.7 Å². The van der Waals surface area contributed by atoms with Crippen LogP contribution in [0.25, 0.3) is 0 Å². The van der Waals surface area contributed by atoms with Crippen LogP contribution in [0.2, 0.25) is 0 Å². The molecule has 1 aromatic rings. The Hall–Kier alpha value is -2.04. The largest absolute Gasteiger partial charge is 0.496 e. The number of rotatable bonds is 6. The van der Waals surface area contributed by atoms with E-state index >= 15 is 0 Å². The number of ether oxygens (including phenoxy) is 2. The van der Waals surface area contributed by atoms with E-state index in [0.717, 1.165) is 8.47 Å². The van der Waals surface area contributed by atoms with Gasteiger partial charge in [-0.05, 0) is 68.0 Å². The van der Waals surface area contributed by atoms with Crippen LogP contribution < -0.4 is 10.1 Å². The number of nitrogens with zero attached hydrogens (tertiary/aromatic N) is 1. The Morgan fingerprint density at radius 1 is 1.26 bits per heavy atom. The maximum Gasteiger partial charge on any atom is 0.410 e. The van der Waals surface area contributed by atoms with Gasteiger partial charge in [-0.25, -0.2) is 4.79 Å². The highest BCUT2D eigenvalue weighted by molar-refractivity contribution is 14.1. The SMILES string of the molecule is COc1ccc([C@@H](C(=O)N[C@@H](C)C(=O)O)N(C)C(=O)OC(C)(C)C)cc1I. The molecule has 2 N–H and O–H groups in total. The van der Waals surface area contributed by atoms with Gasteiger partial charge in [-0.1, -0.05) is 6.07 Å². The van der Waals surface area contributed by atoms with E-state index in [4.69, 9.17) is 14.6 Å². The van der Waals surface area contributed by atoms with E-state index < -0.39 is 35.7 Å². The fourth-order valence-corrected chi connectivity index (χ4v) is 2.96. The molecule has 0 radical (unpaired) electrons. The first kappa shape index (κ1) is 23.0. The van der Waals surface area contributed by atoms with Crippen molar-refractivity contribution in [1.82, 2.24) is 10.2 Å². The molecule has 27 heavy (non-hydrogen) atoms. The fraction of sp³-hybridized carbons (Fsp3) is 0.500. The average Bonchev–Trinajstić information content (AvgIpc) is 2.53. The van der Waals surface area contributed by atoms with Crippen LogP contribution >= 0.6 is 22.6 Å². The number of likely N-dealkylation sites (N-methyl/N-ethyl adjacent to an activating group) is 1. The van der Waals surface area contributed by atoms with Gasteiger partial charge in [-0.2, -0.15) is 0 Å². The molecule has 150 valence electrons. The summed E-state index contributed by atoms with van der Waals surface area (Å²) in [6.45, 7) is 6.51. The molecule has 9 heteroatoms. The molecule has 0 unspecified atom stereocenters. The van der Waals surface area contributed by atoms with E-state index in [1.54, 1.807) is 39.0 Å². The predicted octanol–water partition coefficient (Wildman–Crippen LogP) is 2.80. The number of carboxylic acid groups (broad SMARTS) is 1. The number of halogens is 1. The molecule has 0 aliphatic carbocycles. The standard InChI is InChI=1S/C18H25IN2O6/c1-10(16(23)24)20-15(22)14(21(5)17(25)27-18(2,3)4)11-7-8-13(26-6)12(19)9-11/h7-10,14H,1-6H3,(H,20,22)(H,23,24)/t10-,14-/m0/s1. The van der Waals surface area contributed by atoms with Crippen LogP contribution in [0.15, 0.2) is 18.2 Å². The van der Waals surface area contributed by atoms with E-state index in [0.29, 0.717) is 11.3 Å². The summed E-state index contributed by atoms with van der Waals surface area (Å²) < 4.78 is 11.3. The van der Waals surface area contributed by atoms with E-state index in [9.17, 15) is 14.4 Å². The monoisotopic (exact) mass is 492 g/mol. The lowest BCUT2D eigenvalue weighted by Crippen LogP contribution is -2.47. The van der Waals surface area contributed by atoms with Crippen molar-refractivity contribution in [3.63, 3.8) is 0 Å². The normalized spacial score (nSPS) is 13.3. The number of aliphatic carboxylic acids is 1. The number of hydrogen-bond donors (Lipinski definition) is 2. The van der Waals surface area contributed by atoms with Crippen LogP contribution in [0, 0.1) is 3.57 Å². The molecule has 0 spiro atoms. The zero-order valence-corrected chi connectivity index (χ0v) is 18.4. The number of carbonyl (C=O) groups excluding carboxylic acids is 2. The van der Waals surface area contributed by atoms with Crippen molar-refractivity contribution in [2.75, 3.05) is 14.2 Å². The van der Waals surface area contributed by atoms with Crippen LogP contribution in [0.3, 0.4) is 0 Å². The Morgan fingerprint density at radius 3 is 2.30 bits per heavy atom. The summed E-state index contributed by atoms with van der Waals surface area (Å²) in [4.78, 5) is 37.5. The van der Waals surface area contributed by atoms with Crippen molar-refractivity contribution < 1.29 is 29.0 Å². The number of amides is 2. The Kier molecular flexibility index (Phi) is 7.88. The number of nitrogens with one attached hydrogen (secondary N) is 1. The fourth-order valence-electron chi connectivity index (χ4n) is 2.20. The molecule has 0 fully saturated rings. The maximum atomic E-state index is 12.8. The van der Waals surface area contributed by atoms with Gasteiger partial charge in [0.15, 0.2) is 0 Å². The number of benzene rings is 1. The smallest absolute Gasteiger partial charge is 0.410 e. The highest BCUT2D eigenvalue weighted by atomic mass is 127. The third-order valence-electron chi connectivity index (χ3n) is 3.54. The number of carboxylic acids is 1. The molecule has 0 aromatic heterocycles. The summed E-state index contributed by atoms with van der Waals surface area (Å²) in [5.74, 6) is -1.18. The van der Waals surface area contributed by atoms with Gasteiger partial charge in [0.2, 0.25) is 5.91 Å². The molecule has 0 aliphatic rings. The lowest BCUT2D eigenvalue weighted by molar-refractivity contribution is -0.142. The molecule has 0 saturated heterocycles. The Labute approximate surface area is 172 Å². The van der Waals surface area contributed by atoms with Crippen molar-refractivity contribution in [2.24, 2.45) is 0 Å². The molecule has 0 heterocycles. The summed E-state index contributed by atoms with van der Waals surface area (Å²) in [6.07, 6.45) is -0.698. The second-order valence-electron chi connectivity index (χ2n) is 6.96. The van der Waals surface area contributed by atoms with E-state index in [-0.39, 0.29) is 0 Å². The number of methoxy groups -OCH3 is 1. The van der Waals surface area contributed by atoms with E-state index in [2.05, 4.69) is 27.9 Å². The molecule has 0 saturated carbocycles. The van der Waals surface area contributed by atoms with E-state index in [1.165, 1.54) is 21.1 Å². The lowest BCUT2D eigenvalue weighted by Gasteiger charge is -2.31. The van der Waals surface area contributed by atoms with E-state index in [1.807, 2.05) is 0 Å². The summed E-state index contributed by atoms with van der Waals surface area (Å²) in [5, 5.41) is 11.5. The molecule has 0 aliphatic heterocycles. The first-order chi connectivity index (χ1) is 12.4. The third-order valence-corrected chi connectivity index (χ3v) is 4.38. The zero-order valence-electron chi connectivity index (χ0n) is 16.2. The average molecular weight is 492 g/mol. The quantitative estimate of drug-likeness (QED) is 0.592. The van der Waals surface area contributed by atoms with Crippen LogP contribution in [0.1, 0.15) is 39.3 Å². The Balaban J connectivity index is 3.27. The third kappa shape index (κ3) is 6.56. The summed E-state index contributed by atoms with van der Waals surface area (Å²) in [6, 6.07) is 2.86. The summed E-state index contributed by atoms with van der Waals surface area (Å²) in [5.41, 5.74) is -0.238. The lowest BCUT2D eigenvalue weighted by atomic mass is 10.0. The maximum absolute atomic E-state index is 12.8. The number of hydrogen-bond acceptors (Lipinski definition) is 5. The molecule has 2 atom stereocenters.